The van der Waals surface area contributed by atoms with E-state index in [4.69, 9.17) is 9.47 Å². The molecule has 0 bridgehead atoms. The van der Waals surface area contributed by atoms with Gasteiger partial charge in [0, 0.05) is 39.3 Å². The number of imidazole rings is 1. The van der Waals surface area contributed by atoms with Crippen molar-refractivity contribution in [1.82, 2.24) is 14.5 Å². The first-order valence-electron chi connectivity index (χ1n) is 8.10. The number of morpholine rings is 1. The second kappa shape index (κ2) is 7.15. The summed E-state index contributed by atoms with van der Waals surface area (Å²) in [6.07, 6.45) is 3.12. The fourth-order valence-corrected chi connectivity index (χ4v) is 3.03. The molecule has 2 heterocycles. The van der Waals surface area contributed by atoms with Gasteiger partial charge in [-0.2, -0.15) is 0 Å². The van der Waals surface area contributed by atoms with Crippen molar-refractivity contribution in [2.45, 2.75) is 26.0 Å². The van der Waals surface area contributed by atoms with Crippen LogP contribution < -0.4 is 4.74 Å². The zero-order valence-electron chi connectivity index (χ0n) is 14.2. The lowest BCUT2D eigenvalue weighted by Gasteiger charge is -2.33. The van der Waals surface area contributed by atoms with Crippen LogP contribution in [0.3, 0.4) is 0 Å². The summed E-state index contributed by atoms with van der Waals surface area (Å²) in [5.41, 5.74) is 2.51. The van der Waals surface area contributed by atoms with E-state index in [0.29, 0.717) is 0 Å². The van der Waals surface area contributed by atoms with Crippen LogP contribution in [0.15, 0.2) is 30.5 Å². The molecule has 1 saturated heterocycles. The summed E-state index contributed by atoms with van der Waals surface area (Å²) in [5.74, 6) is 1.96. The topological polar surface area (TPSA) is 39.5 Å². The molecule has 23 heavy (non-hydrogen) atoms. The third kappa shape index (κ3) is 3.92. The highest BCUT2D eigenvalue weighted by atomic mass is 16.5. The average molecular weight is 315 g/mol. The third-order valence-electron chi connectivity index (χ3n) is 4.52. The fraction of sp³-hybridized carbons (Fsp3) is 0.500. The smallest absolute Gasteiger partial charge is 0.119 e. The summed E-state index contributed by atoms with van der Waals surface area (Å²) < 4.78 is 13.4. The number of aromatic nitrogens is 2. The minimum Gasteiger partial charge on any atom is -0.497 e. The van der Waals surface area contributed by atoms with Gasteiger partial charge in [0.15, 0.2) is 0 Å². The van der Waals surface area contributed by atoms with E-state index < -0.39 is 0 Å². The van der Waals surface area contributed by atoms with E-state index >= 15 is 0 Å². The molecule has 0 spiro atoms. The SMILES string of the molecule is COc1cccc(CC2CN(Cc3cnc(C)n3C)CCO2)c1. The highest BCUT2D eigenvalue weighted by Gasteiger charge is 2.22. The highest BCUT2D eigenvalue weighted by Crippen LogP contribution is 2.18. The molecule has 5 heteroatoms. The van der Waals surface area contributed by atoms with Gasteiger partial charge >= 0.3 is 0 Å². The number of benzene rings is 1. The number of rotatable bonds is 5. The fourth-order valence-electron chi connectivity index (χ4n) is 3.03. The highest BCUT2D eigenvalue weighted by molar-refractivity contribution is 5.28. The van der Waals surface area contributed by atoms with Crippen molar-refractivity contribution < 1.29 is 9.47 Å². The monoisotopic (exact) mass is 315 g/mol. The second-order valence-corrected chi connectivity index (χ2v) is 6.14. The summed E-state index contributed by atoms with van der Waals surface area (Å²) in [6, 6.07) is 8.23. The van der Waals surface area contributed by atoms with Crippen molar-refractivity contribution in [2.75, 3.05) is 26.8 Å². The van der Waals surface area contributed by atoms with Gasteiger partial charge in [-0.1, -0.05) is 12.1 Å². The number of methoxy groups -OCH3 is 1. The van der Waals surface area contributed by atoms with E-state index in [-0.39, 0.29) is 6.10 Å². The molecule has 0 amide bonds. The lowest BCUT2D eigenvalue weighted by atomic mass is 10.1. The van der Waals surface area contributed by atoms with E-state index in [1.807, 2.05) is 25.3 Å². The first kappa shape index (κ1) is 16.0. The average Bonchev–Trinajstić information content (AvgIpc) is 2.87. The third-order valence-corrected chi connectivity index (χ3v) is 4.52. The first-order chi connectivity index (χ1) is 11.2. The molecule has 0 aliphatic carbocycles. The quantitative estimate of drug-likeness (QED) is 0.848. The molecular weight excluding hydrogens is 290 g/mol. The Balaban J connectivity index is 1.60. The van der Waals surface area contributed by atoms with Crippen LogP contribution in [-0.4, -0.2) is 47.4 Å². The van der Waals surface area contributed by atoms with Gasteiger partial charge in [0.1, 0.15) is 11.6 Å². The lowest BCUT2D eigenvalue weighted by Crippen LogP contribution is -2.43. The summed E-state index contributed by atoms with van der Waals surface area (Å²) in [4.78, 5) is 6.83. The molecule has 1 unspecified atom stereocenters. The molecule has 2 aromatic rings. The predicted molar refractivity (Wildman–Crippen MR) is 89.7 cm³/mol. The van der Waals surface area contributed by atoms with Crippen molar-refractivity contribution >= 4 is 0 Å². The molecule has 0 saturated carbocycles. The van der Waals surface area contributed by atoms with Crippen LogP contribution in [0.25, 0.3) is 0 Å². The van der Waals surface area contributed by atoms with E-state index in [0.717, 1.165) is 44.2 Å². The van der Waals surface area contributed by atoms with Crippen LogP contribution in [0.5, 0.6) is 5.75 Å². The Labute approximate surface area is 137 Å². The van der Waals surface area contributed by atoms with Crippen LogP contribution >= 0.6 is 0 Å². The van der Waals surface area contributed by atoms with Crippen LogP contribution in [-0.2, 0) is 24.8 Å². The molecule has 1 aliphatic heterocycles. The van der Waals surface area contributed by atoms with Gasteiger partial charge in [-0.25, -0.2) is 4.98 Å². The van der Waals surface area contributed by atoms with Crippen LogP contribution in [0.4, 0.5) is 0 Å². The molecule has 124 valence electrons. The van der Waals surface area contributed by atoms with Crippen LogP contribution in [0.1, 0.15) is 17.1 Å². The maximum Gasteiger partial charge on any atom is 0.119 e. The van der Waals surface area contributed by atoms with Crippen LogP contribution in [0, 0.1) is 6.92 Å². The zero-order chi connectivity index (χ0) is 16.2. The molecule has 5 nitrogen and oxygen atoms in total. The van der Waals surface area contributed by atoms with E-state index in [1.165, 1.54) is 11.3 Å². The largest absolute Gasteiger partial charge is 0.497 e. The Bertz CT molecular complexity index is 653. The summed E-state index contributed by atoms with van der Waals surface area (Å²) in [5, 5.41) is 0. The molecule has 1 aromatic heterocycles. The molecule has 1 atom stereocenters. The summed E-state index contributed by atoms with van der Waals surface area (Å²) >= 11 is 0. The van der Waals surface area contributed by atoms with E-state index in [9.17, 15) is 0 Å². The Hall–Kier alpha value is -1.85. The Morgan fingerprint density at radius 2 is 2.26 bits per heavy atom. The minimum atomic E-state index is 0.227. The molecule has 3 rings (SSSR count). The van der Waals surface area contributed by atoms with Crippen molar-refractivity contribution in [3.63, 3.8) is 0 Å². The minimum absolute atomic E-state index is 0.227. The summed E-state index contributed by atoms with van der Waals surface area (Å²) in [7, 11) is 3.78. The standard InChI is InChI=1S/C18H25N3O2/c1-14-19-11-16(20(14)2)12-21-7-8-23-18(13-21)10-15-5-4-6-17(9-15)22-3/h4-6,9,11,18H,7-8,10,12-13H2,1-3H3. The predicted octanol–water partition coefficient (Wildman–Crippen LogP) is 2.18. The molecule has 1 fully saturated rings. The van der Waals surface area contributed by atoms with Gasteiger partial charge in [-0.05, 0) is 24.6 Å². The van der Waals surface area contributed by atoms with Gasteiger partial charge in [-0.15, -0.1) is 0 Å². The van der Waals surface area contributed by atoms with E-state index in [1.54, 1.807) is 7.11 Å². The maximum absolute atomic E-state index is 5.95. The van der Waals surface area contributed by atoms with Gasteiger partial charge in [0.2, 0.25) is 0 Å². The van der Waals surface area contributed by atoms with Gasteiger partial charge in [-0.3, -0.25) is 4.90 Å². The van der Waals surface area contributed by atoms with Crippen molar-refractivity contribution in [3.8, 4) is 5.75 Å². The number of hydrogen-bond acceptors (Lipinski definition) is 4. The van der Waals surface area contributed by atoms with Gasteiger partial charge in [0.25, 0.3) is 0 Å². The Kier molecular flexibility index (Phi) is 4.98. The van der Waals surface area contributed by atoms with Gasteiger partial charge < -0.3 is 14.0 Å². The molecule has 0 N–H and O–H groups in total. The summed E-state index contributed by atoms with van der Waals surface area (Å²) in [6.45, 7) is 5.66. The molecule has 0 radical (unpaired) electrons. The Morgan fingerprint density at radius 1 is 1.39 bits per heavy atom. The normalized spacial score (nSPS) is 19.0. The first-order valence-corrected chi connectivity index (χ1v) is 8.10. The number of nitrogens with zero attached hydrogens (tertiary/aromatic N) is 3. The number of hydrogen-bond donors (Lipinski definition) is 0. The lowest BCUT2D eigenvalue weighted by molar-refractivity contribution is -0.0311. The van der Waals surface area contributed by atoms with Crippen LogP contribution in [0.2, 0.25) is 0 Å². The molecule has 1 aliphatic rings. The molecule has 1 aromatic carbocycles. The Morgan fingerprint density at radius 3 is 3.00 bits per heavy atom. The van der Waals surface area contributed by atoms with E-state index in [2.05, 4.69) is 33.6 Å². The number of aryl methyl sites for hydroxylation is 1. The van der Waals surface area contributed by atoms with Crippen molar-refractivity contribution in [2.24, 2.45) is 7.05 Å². The maximum atomic E-state index is 5.95. The van der Waals surface area contributed by atoms with Crippen molar-refractivity contribution in [1.29, 1.82) is 0 Å². The van der Waals surface area contributed by atoms with Gasteiger partial charge in [0.05, 0.1) is 25.5 Å². The van der Waals surface area contributed by atoms with Crippen molar-refractivity contribution in [3.05, 3.63) is 47.5 Å². The molecular formula is C18H25N3O2. The number of ether oxygens (including phenoxy) is 2. The zero-order valence-corrected chi connectivity index (χ0v) is 14.2. The second-order valence-electron chi connectivity index (χ2n) is 6.14.